The van der Waals surface area contributed by atoms with Crippen LogP contribution in [0.15, 0.2) is 12.4 Å². The number of H-pyrrole nitrogens is 1. The smallest absolute Gasteiger partial charge is 0.248 e. The van der Waals surface area contributed by atoms with E-state index >= 15 is 0 Å². The minimum atomic E-state index is -4.54. The Morgan fingerprint density at radius 3 is 2.59 bits per heavy atom. The molecule has 5 nitrogen and oxygen atoms in total. The lowest BCUT2D eigenvalue weighted by Crippen LogP contribution is -2.37. The number of halogens is 3. The molecule has 0 aliphatic heterocycles. The van der Waals surface area contributed by atoms with E-state index in [9.17, 15) is 21.6 Å². The molecule has 1 aromatic heterocycles. The van der Waals surface area contributed by atoms with E-state index in [-0.39, 0.29) is 6.42 Å². The van der Waals surface area contributed by atoms with Gasteiger partial charge in [0.05, 0.1) is 19.2 Å². The van der Waals surface area contributed by atoms with Crippen molar-refractivity contribution in [2.75, 3.05) is 12.3 Å². The van der Waals surface area contributed by atoms with E-state index in [1.54, 1.807) is 24.0 Å². The highest BCUT2D eigenvalue weighted by atomic mass is 32.2. The standard InChI is InChI=1S/C8H12F3N3O2S/c1-14-4-3-12-7(14)2-5-17(15,16)13-6-8(9,10)11/h3-4,13H,2,5-6H2,1H3/p+1. The molecule has 17 heavy (non-hydrogen) atoms. The Balaban J connectivity index is 2.48. The summed E-state index contributed by atoms with van der Waals surface area (Å²) in [5, 5.41) is 0. The number of nitrogens with zero attached hydrogens (tertiary/aromatic N) is 1. The van der Waals surface area contributed by atoms with Crippen LogP contribution in [0.4, 0.5) is 13.2 Å². The minimum absolute atomic E-state index is 0.122. The number of alkyl halides is 3. The quantitative estimate of drug-likeness (QED) is 0.733. The molecule has 0 aliphatic carbocycles. The van der Waals surface area contributed by atoms with Crippen LogP contribution in [0.5, 0.6) is 0 Å². The van der Waals surface area contributed by atoms with Gasteiger partial charge >= 0.3 is 6.18 Å². The maximum absolute atomic E-state index is 11.8. The van der Waals surface area contributed by atoms with E-state index in [4.69, 9.17) is 0 Å². The van der Waals surface area contributed by atoms with Gasteiger partial charge in [-0.2, -0.15) is 13.2 Å². The molecule has 9 heteroatoms. The van der Waals surface area contributed by atoms with E-state index in [1.165, 1.54) is 4.72 Å². The third-order valence-corrected chi connectivity index (χ3v) is 3.40. The first kappa shape index (κ1) is 14.0. The topological polar surface area (TPSA) is 65.8 Å². The summed E-state index contributed by atoms with van der Waals surface area (Å²) in [4.78, 5) is 2.80. The molecule has 0 aliphatic rings. The third-order valence-electron chi connectivity index (χ3n) is 2.07. The molecule has 0 fully saturated rings. The van der Waals surface area contributed by atoms with Crippen molar-refractivity contribution in [3.05, 3.63) is 18.2 Å². The zero-order valence-corrected chi connectivity index (χ0v) is 9.90. The fraction of sp³-hybridized carbons (Fsp3) is 0.625. The van der Waals surface area contributed by atoms with Crippen LogP contribution in [0.2, 0.25) is 0 Å². The van der Waals surface area contributed by atoms with Crippen molar-refractivity contribution in [2.24, 2.45) is 7.05 Å². The highest BCUT2D eigenvalue weighted by molar-refractivity contribution is 7.89. The Hall–Kier alpha value is -1.09. The molecule has 1 rings (SSSR count). The lowest BCUT2D eigenvalue weighted by atomic mass is 10.4. The summed E-state index contributed by atoms with van der Waals surface area (Å²) >= 11 is 0. The van der Waals surface area contributed by atoms with Crippen molar-refractivity contribution in [3.8, 4) is 0 Å². The van der Waals surface area contributed by atoms with E-state index in [1.807, 2.05) is 0 Å². The number of hydrogen-bond acceptors (Lipinski definition) is 2. The molecule has 0 radical (unpaired) electrons. The highest BCUT2D eigenvalue weighted by Gasteiger charge is 2.29. The molecular formula is C8H13F3N3O2S+. The first-order valence-corrected chi connectivity index (χ1v) is 6.41. The van der Waals surface area contributed by atoms with E-state index in [2.05, 4.69) is 4.98 Å². The highest BCUT2D eigenvalue weighted by Crippen LogP contribution is 2.12. The van der Waals surface area contributed by atoms with Gasteiger partial charge < -0.3 is 0 Å². The summed E-state index contributed by atoms with van der Waals surface area (Å²) in [6.07, 6.45) is -1.11. The van der Waals surface area contributed by atoms with Crippen LogP contribution in [0.3, 0.4) is 0 Å². The van der Waals surface area contributed by atoms with Crippen LogP contribution >= 0.6 is 0 Å². The average molecular weight is 272 g/mol. The number of aryl methyl sites for hydroxylation is 2. The number of aromatic nitrogens is 2. The molecule has 0 saturated carbocycles. The normalized spacial score (nSPS) is 12.9. The van der Waals surface area contributed by atoms with Gasteiger partial charge in [-0.3, -0.25) is 0 Å². The van der Waals surface area contributed by atoms with Gasteiger partial charge in [0.15, 0.2) is 0 Å². The number of hydrogen-bond donors (Lipinski definition) is 2. The van der Waals surface area contributed by atoms with Gasteiger partial charge in [-0.05, 0) is 0 Å². The van der Waals surface area contributed by atoms with Crippen LogP contribution in [-0.2, 0) is 23.5 Å². The van der Waals surface area contributed by atoms with E-state index < -0.39 is 28.5 Å². The fourth-order valence-corrected chi connectivity index (χ4v) is 2.17. The summed E-state index contributed by atoms with van der Waals surface area (Å²) in [6.45, 7) is -1.54. The van der Waals surface area contributed by atoms with Gasteiger partial charge in [-0.25, -0.2) is 22.7 Å². The SMILES string of the molecule is C[n+]1cc[nH]c1CCS(=O)(=O)NCC(F)(F)F. The summed E-state index contributed by atoms with van der Waals surface area (Å²) < 4.78 is 61.1. The van der Waals surface area contributed by atoms with Crippen molar-refractivity contribution < 1.29 is 26.2 Å². The predicted molar refractivity (Wildman–Crippen MR) is 53.5 cm³/mol. The van der Waals surface area contributed by atoms with Gasteiger partial charge in [-0.15, -0.1) is 0 Å². The zero-order chi connectivity index (χ0) is 13.1. The summed E-state index contributed by atoms with van der Waals surface area (Å²) in [6, 6.07) is 0. The second-order valence-electron chi connectivity index (χ2n) is 3.52. The van der Waals surface area contributed by atoms with Gasteiger partial charge in [0.1, 0.15) is 18.9 Å². The number of rotatable bonds is 5. The zero-order valence-electron chi connectivity index (χ0n) is 9.08. The van der Waals surface area contributed by atoms with Gasteiger partial charge in [0, 0.05) is 0 Å². The van der Waals surface area contributed by atoms with Crippen molar-refractivity contribution in [2.45, 2.75) is 12.6 Å². The Morgan fingerprint density at radius 2 is 2.12 bits per heavy atom. The second-order valence-corrected chi connectivity index (χ2v) is 5.45. The molecule has 0 saturated heterocycles. The largest absolute Gasteiger partial charge is 0.402 e. The molecular weight excluding hydrogens is 259 g/mol. The minimum Gasteiger partial charge on any atom is -0.248 e. The van der Waals surface area contributed by atoms with Crippen molar-refractivity contribution in [1.29, 1.82) is 0 Å². The van der Waals surface area contributed by atoms with Crippen molar-refractivity contribution in [1.82, 2.24) is 9.71 Å². The predicted octanol–water partition coefficient (Wildman–Crippen LogP) is -0.137. The molecule has 1 heterocycles. The van der Waals surface area contributed by atoms with Crippen molar-refractivity contribution in [3.63, 3.8) is 0 Å². The molecule has 0 amide bonds. The van der Waals surface area contributed by atoms with Crippen molar-refractivity contribution >= 4 is 10.0 Å². The average Bonchev–Trinajstić information content (AvgIpc) is 2.58. The number of imidazole rings is 1. The lowest BCUT2D eigenvalue weighted by Gasteiger charge is -2.08. The molecule has 2 N–H and O–H groups in total. The Morgan fingerprint density at radius 1 is 1.47 bits per heavy atom. The molecule has 1 aromatic rings. The Kier molecular flexibility index (Phi) is 4.15. The lowest BCUT2D eigenvalue weighted by molar-refractivity contribution is -0.677. The van der Waals surface area contributed by atoms with E-state index in [0.29, 0.717) is 5.82 Å². The second kappa shape index (κ2) is 5.05. The van der Waals surface area contributed by atoms with E-state index in [0.717, 1.165) is 0 Å². The first-order valence-electron chi connectivity index (χ1n) is 4.75. The maximum Gasteiger partial charge on any atom is 0.402 e. The molecule has 98 valence electrons. The molecule has 0 unspecified atom stereocenters. The van der Waals surface area contributed by atoms with Crippen LogP contribution in [-0.4, -0.2) is 31.9 Å². The Bertz CT molecular complexity index is 467. The van der Waals surface area contributed by atoms with Gasteiger partial charge in [0.25, 0.3) is 5.82 Å². The number of aromatic amines is 1. The van der Waals surface area contributed by atoms with Gasteiger partial charge in [0.2, 0.25) is 10.0 Å². The maximum atomic E-state index is 11.8. The first-order chi connectivity index (χ1) is 7.70. The summed E-state index contributed by atoms with van der Waals surface area (Å²) in [5.41, 5.74) is 0. The monoisotopic (exact) mass is 272 g/mol. The van der Waals surface area contributed by atoms with Crippen LogP contribution in [0.25, 0.3) is 0 Å². The molecule has 0 bridgehead atoms. The van der Waals surface area contributed by atoms with Gasteiger partial charge in [-0.1, -0.05) is 0 Å². The molecule has 0 aromatic carbocycles. The fourth-order valence-electron chi connectivity index (χ4n) is 1.18. The third kappa shape index (κ3) is 5.18. The molecule has 0 atom stereocenters. The van der Waals surface area contributed by atoms with Crippen LogP contribution in [0.1, 0.15) is 5.82 Å². The number of sulfonamides is 1. The summed E-state index contributed by atoms with van der Waals surface area (Å²) in [7, 11) is -2.20. The molecule has 0 spiro atoms. The summed E-state index contributed by atoms with van der Waals surface area (Å²) in [5.74, 6) is 0.236. The number of nitrogens with one attached hydrogen (secondary N) is 2. The van der Waals surface area contributed by atoms with Crippen LogP contribution < -0.4 is 9.29 Å². The van der Waals surface area contributed by atoms with Crippen LogP contribution in [0, 0.1) is 0 Å². The Labute approximate surface area is 96.7 Å².